The lowest BCUT2D eigenvalue weighted by Crippen LogP contribution is -2.34. The Hall–Kier alpha value is -2.64. The van der Waals surface area contributed by atoms with Crippen LogP contribution in [0, 0.1) is 12.8 Å². The third-order valence-corrected chi connectivity index (χ3v) is 5.31. The molecule has 0 radical (unpaired) electrons. The number of aryl methyl sites for hydroxylation is 1. The number of halogens is 1. The fourth-order valence-corrected chi connectivity index (χ4v) is 3.57. The van der Waals surface area contributed by atoms with Gasteiger partial charge in [0.15, 0.2) is 5.67 Å². The van der Waals surface area contributed by atoms with Gasteiger partial charge in [-0.1, -0.05) is 0 Å². The summed E-state index contributed by atoms with van der Waals surface area (Å²) in [4.78, 5) is 17.5. The van der Waals surface area contributed by atoms with Crippen molar-refractivity contribution in [2.75, 3.05) is 24.6 Å². The lowest BCUT2D eigenvalue weighted by Gasteiger charge is -2.30. The second kappa shape index (κ2) is 8.80. The first-order chi connectivity index (χ1) is 13.7. The second-order valence-corrected chi connectivity index (χ2v) is 8.13. The number of alkyl halides is 1. The van der Waals surface area contributed by atoms with E-state index in [4.69, 9.17) is 15.0 Å². The van der Waals surface area contributed by atoms with Gasteiger partial charge in [-0.3, -0.25) is 4.79 Å². The number of nitrogens with two attached hydrogens (primary N) is 1. The molecule has 1 aliphatic heterocycles. The lowest BCUT2D eigenvalue weighted by atomic mass is 9.92. The Morgan fingerprint density at radius 2 is 2.10 bits per heavy atom. The third kappa shape index (κ3) is 5.46. The van der Waals surface area contributed by atoms with Crippen molar-refractivity contribution >= 4 is 11.9 Å². The van der Waals surface area contributed by atoms with Gasteiger partial charge < -0.3 is 19.9 Å². The minimum atomic E-state index is -1.62. The molecule has 2 N–H and O–H groups in total. The summed E-state index contributed by atoms with van der Waals surface area (Å²) in [7, 11) is 0. The molecule has 0 saturated carbocycles. The molecule has 158 valence electrons. The van der Waals surface area contributed by atoms with E-state index < -0.39 is 11.6 Å². The number of aromatic nitrogens is 2. The number of anilines is 1. The molecule has 1 fully saturated rings. The van der Waals surface area contributed by atoms with Crippen LogP contribution in [-0.4, -0.2) is 35.7 Å². The third-order valence-electron chi connectivity index (χ3n) is 5.31. The van der Waals surface area contributed by atoms with Crippen LogP contribution in [0.2, 0.25) is 0 Å². The number of ether oxygens (including phenoxy) is 1. The van der Waals surface area contributed by atoms with E-state index in [-0.39, 0.29) is 5.89 Å². The van der Waals surface area contributed by atoms with Crippen molar-refractivity contribution in [3.05, 3.63) is 35.2 Å². The molecule has 3 rings (SSSR count). The van der Waals surface area contributed by atoms with E-state index in [9.17, 15) is 9.18 Å². The van der Waals surface area contributed by atoms with Gasteiger partial charge in [-0.05, 0) is 81.3 Å². The average molecular weight is 404 g/mol. The predicted octanol–water partition coefficient (Wildman–Crippen LogP) is 3.76. The van der Waals surface area contributed by atoms with Gasteiger partial charge in [-0.2, -0.15) is 4.98 Å². The Labute approximate surface area is 170 Å². The highest BCUT2D eigenvalue weighted by Gasteiger charge is 2.29. The van der Waals surface area contributed by atoms with E-state index in [1.165, 1.54) is 13.8 Å². The number of carbonyl (C=O) groups excluding carboxylic acids is 1. The van der Waals surface area contributed by atoms with Crippen LogP contribution in [0.15, 0.2) is 22.7 Å². The second-order valence-electron chi connectivity index (χ2n) is 8.13. The molecule has 1 aliphatic rings. The number of amides is 1. The Kier molecular flexibility index (Phi) is 6.39. The number of rotatable bonds is 8. The maximum atomic E-state index is 13.9. The van der Waals surface area contributed by atoms with Crippen LogP contribution < -0.4 is 15.4 Å². The monoisotopic (exact) mass is 404 g/mol. The molecule has 7 nitrogen and oxygen atoms in total. The van der Waals surface area contributed by atoms with Gasteiger partial charge in [0, 0.05) is 18.7 Å². The summed E-state index contributed by atoms with van der Waals surface area (Å²) in [5.41, 5.74) is 5.04. The number of carbonyl (C=O) groups is 1. The van der Waals surface area contributed by atoms with E-state index in [1.807, 2.05) is 13.0 Å². The van der Waals surface area contributed by atoms with Crippen LogP contribution in [0.3, 0.4) is 0 Å². The summed E-state index contributed by atoms with van der Waals surface area (Å²) in [5, 5.41) is 3.92. The molecule has 29 heavy (non-hydrogen) atoms. The average Bonchev–Trinajstić information content (AvgIpc) is 3.16. The molecule has 1 aromatic heterocycles. The maximum absolute atomic E-state index is 13.9. The van der Waals surface area contributed by atoms with E-state index >= 15 is 0 Å². The van der Waals surface area contributed by atoms with Gasteiger partial charge in [-0.25, -0.2) is 4.39 Å². The molecule has 0 atom stereocenters. The molecule has 2 heterocycles. The van der Waals surface area contributed by atoms with Crippen molar-refractivity contribution in [2.45, 2.75) is 52.1 Å². The van der Waals surface area contributed by atoms with Gasteiger partial charge >= 0.3 is 0 Å². The quantitative estimate of drug-likeness (QED) is 0.673. The molecular weight excluding hydrogens is 375 g/mol. The van der Waals surface area contributed by atoms with Gasteiger partial charge in [-0.15, -0.1) is 0 Å². The van der Waals surface area contributed by atoms with E-state index in [0.29, 0.717) is 24.0 Å². The fourth-order valence-electron chi connectivity index (χ4n) is 3.57. The lowest BCUT2D eigenvalue weighted by molar-refractivity contribution is 0.0999. The van der Waals surface area contributed by atoms with E-state index in [1.54, 1.807) is 12.1 Å². The number of hydrogen-bond donors (Lipinski definition) is 1. The van der Waals surface area contributed by atoms with Crippen LogP contribution in [0.5, 0.6) is 5.75 Å². The number of benzene rings is 1. The number of primary amides is 1. The van der Waals surface area contributed by atoms with Crippen molar-refractivity contribution in [1.29, 1.82) is 0 Å². The molecule has 0 spiro atoms. The minimum Gasteiger partial charge on any atom is -0.494 e. The maximum Gasteiger partial charge on any atom is 0.266 e. The van der Waals surface area contributed by atoms with Crippen molar-refractivity contribution in [3.63, 3.8) is 0 Å². The highest BCUT2D eigenvalue weighted by Crippen LogP contribution is 2.28. The molecule has 0 bridgehead atoms. The molecule has 1 amide bonds. The van der Waals surface area contributed by atoms with Crippen LogP contribution in [0.1, 0.15) is 61.3 Å². The zero-order valence-electron chi connectivity index (χ0n) is 17.3. The van der Waals surface area contributed by atoms with Crippen molar-refractivity contribution in [1.82, 2.24) is 10.1 Å². The zero-order valence-corrected chi connectivity index (χ0v) is 17.3. The fraction of sp³-hybridized carbons (Fsp3) is 0.571. The summed E-state index contributed by atoms with van der Waals surface area (Å²) >= 11 is 0. The van der Waals surface area contributed by atoms with Gasteiger partial charge in [0.25, 0.3) is 11.8 Å². The van der Waals surface area contributed by atoms with Gasteiger partial charge in [0.1, 0.15) is 5.75 Å². The Bertz CT molecular complexity index is 839. The molecule has 1 aromatic carbocycles. The summed E-state index contributed by atoms with van der Waals surface area (Å²) in [5.74, 6) is 1.45. The molecule has 0 unspecified atom stereocenters. The molecule has 2 aromatic rings. The zero-order chi connectivity index (χ0) is 21.0. The van der Waals surface area contributed by atoms with Crippen molar-refractivity contribution in [3.8, 4) is 5.75 Å². The van der Waals surface area contributed by atoms with Gasteiger partial charge in [0.05, 0.1) is 6.61 Å². The molecule has 8 heteroatoms. The number of piperidine rings is 1. The topological polar surface area (TPSA) is 94.5 Å². The summed E-state index contributed by atoms with van der Waals surface area (Å²) in [6.45, 7) is 6.98. The largest absolute Gasteiger partial charge is 0.494 e. The predicted molar refractivity (Wildman–Crippen MR) is 108 cm³/mol. The van der Waals surface area contributed by atoms with Crippen LogP contribution >= 0.6 is 0 Å². The smallest absolute Gasteiger partial charge is 0.266 e. The summed E-state index contributed by atoms with van der Waals surface area (Å²) < 4.78 is 24.7. The van der Waals surface area contributed by atoms with E-state index in [2.05, 4.69) is 15.0 Å². The Morgan fingerprint density at radius 3 is 2.69 bits per heavy atom. The Morgan fingerprint density at radius 1 is 1.38 bits per heavy atom. The SMILES string of the molecule is Cc1cc(OCCCC2CCN(c3noc(C(C)(C)F)n3)CC2)ccc1C(N)=O. The molecule has 0 aliphatic carbocycles. The first kappa shape index (κ1) is 21.1. The number of nitrogens with zero attached hydrogens (tertiary/aromatic N) is 3. The van der Waals surface area contributed by atoms with Crippen LogP contribution in [0.4, 0.5) is 10.3 Å². The number of hydrogen-bond acceptors (Lipinski definition) is 6. The molecule has 1 saturated heterocycles. The standard InChI is InChI=1S/C21H29FN4O3/c1-14-13-16(6-7-17(14)18(23)27)28-12-4-5-15-8-10-26(11-9-15)20-24-19(29-25-20)21(2,3)22/h6-7,13,15H,4-5,8-12H2,1-3H3,(H2,23,27). The first-order valence-electron chi connectivity index (χ1n) is 10.1. The van der Waals surface area contributed by atoms with Crippen LogP contribution in [0.25, 0.3) is 0 Å². The van der Waals surface area contributed by atoms with Gasteiger partial charge in [0.2, 0.25) is 5.91 Å². The Balaban J connectivity index is 1.39. The van der Waals surface area contributed by atoms with Crippen molar-refractivity contribution < 1.29 is 18.4 Å². The highest BCUT2D eigenvalue weighted by molar-refractivity contribution is 5.94. The summed E-state index contributed by atoms with van der Waals surface area (Å²) in [6, 6.07) is 5.33. The minimum absolute atomic E-state index is 0.0193. The molecular formula is C21H29FN4O3. The highest BCUT2D eigenvalue weighted by atomic mass is 19.1. The van der Waals surface area contributed by atoms with Crippen molar-refractivity contribution in [2.24, 2.45) is 11.7 Å². The normalized spacial score (nSPS) is 15.5. The summed E-state index contributed by atoms with van der Waals surface area (Å²) in [6.07, 6.45) is 4.12. The first-order valence-corrected chi connectivity index (χ1v) is 10.1. The van der Waals surface area contributed by atoms with Crippen LogP contribution in [-0.2, 0) is 5.67 Å². The van der Waals surface area contributed by atoms with E-state index in [0.717, 1.165) is 50.1 Å².